The maximum Gasteiger partial charge on any atom is 0.354 e. The SMILES string of the molecule is O=C(O)c1cc2c(CN3CCC(O)CC3)cn(Cc3ccc(F)cc3)c2cn1. The first kappa shape index (κ1) is 18.6. The fourth-order valence-electron chi connectivity index (χ4n) is 3.74. The number of nitrogens with zero attached hydrogens (tertiary/aromatic N) is 3. The molecule has 0 bridgehead atoms. The summed E-state index contributed by atoms with van der Waals surface area (Å²) < 4.78 is 15.2. The van der Waals surface area contributed by atoms with Gasteiger partial charge in [-0.3, -0.25) is 4.90 Å². The van der Waals surface area contributed by atoms with Crippen molar-refractivity contribution in [2.45, 2.75) is 32.0 Å². The lowest BCUT2D eigenvalue weighted by molar-refractivity contribution is 0.0690. The van der Waals surface area contributed by atoms with Crippen LogP contribution < -0.4 is 0 Å². The topological polar surface area (TPSA) is 78.6 Å². The first-order valence-electron chi connectivity index (χ1n) is 9.35. The number of fused-ring (bicyclic) bond motifs is 1. The van der Waals surface area contributed by atoms with E-state index in [9.17, 15) is 19.4 Å². The van der Waals surface area contributed by atoms with E-state index in [-0.39, 0.29) is 17.6 Å². The molecule has 0 radical (unpaired) electrons. The van der Waals surface area contributed by atoms with E-state index >= 15 is 0 Å². The van der Waals surface area contributed by atoms with Gasteiger partial charge >= 0.3 is 5.97 Å². The average molecular weight is 383 g/mol. The van der Waals surface area contributed by atoms with E-state index in [1.54, 1.807) is 24.4 Å². The Morgan fingerprint density at radius 3 is 2.57 bits per heavy atom. The maximum absolute atomic E-state index is 13.2. The fourth-order valence-corrected chi connectivity index (χ4v) is 3.74. The summed E-state index contributed by atoms with van der Waals surface area (Å²) in [6, 6.07) is 7.97. The van der Waals surface area contributed by atoms with E-state index in [1.807, 2.05) is 10.8 Å². The van der Waals surface area contributed by atoms with Crippen LogP contribution in [0.5, 0.6) is 0 Å². The summed E-state index contributed by atoms with van der Waals surface area (Å²) >= 11 is 0. The van der Waals surface area contributed by atoms with Gasteiger partial charge in [0.15, 0.2) is 0 Å². The number of likely N-dealkylation sites (tertiary alicyclic amines) is 1. The molecule has 0 aliphatic carbocycles. The van der Waals surface area contributed by atoms with Crippen LogP contribution in [0.2, 0.25) is 0 Å². The zero-order chi connectivity index (χ0) is 19.7. The van der Waals surface area contributed by atoms with Crippen molar-refractivity contribution < 1.29 is 19.4 Å². The molecule has 1 aromatic carbocycles. The van der Waals surface area contributed by atoms with Gasteiger partial charge in [0.25, 0.3) is 0 Å². The van der Waals surface area contributed by atoms with Crippen LogP contribution in [-0.2, 0) is 13.1 Å². The molecular weight excluding hydrogens is 361 g/mol. The summed E-state index contributed by atoms with van der Waals surface area (Å²) in [5.74, 6) is -1.33. The van der Waals surface area contributed by atoms with E-state index in [0.717, 1.165) is 48.0 Å². The summed E-state index contributed by atoms with van der Waals surface area (Å²) in [4.78, 5) is 17.7. The highest BCUT2D eigenvalue weighted by molar-refractivity contribution is 5.92. The standard InChI is InChI=1S/C21H22FN3O3/c22-16-3-1-14(2-4-16)11-25-13-15(12-24-7-5-17(26)6-8-24)18-9-19(21(27)28)23-10-20(18)25/h1-4,9-10,13,17,26H,5-8,11-12H2,(H,27,28). The number of carboxylic acid groups (broad SMARTS) is 1. The lowest BCUT2D eigenvalue weighted by Gasteiger charge is -2.29. The van der Waals surface area contributed by atoms with E-state index < -0.39 is 5.97 Å². The van der Waals surface area contributed by atoms with Gasteiger partial charge < -0.3 is 14.8 Å². The predicted molar refractivity (Wildman–Crippen MR) is 103 cm³/mol. The second kappa shape index (κ2) is 7.69. The van der Waals surface area contributed by atoms with E-state index in [1.165, 1.54) is 12.1 Å². The number of pyridine rings is 1. The lowest BCUT2D eigenvalue weighted by atomic mass is 10.1. The van der Waals surface area contributed by atoms with Gasteiger partial charge in [-0.05, 0) is 42.2 Å². The van der Waals surface area contributed by atoms with Crippen molar-refractivity contribution in [3.63, 3.8) is 0 Å². The van der Waals surface area contributed by atoms with Gasteiger partial charge in [-0.25, -0.2) is 14.2 Å². The first-order chi connectivity index (χ1) is 13.5. The van der Waals surface area contributed by atoms with Gasteiger partial charge in [-0.2, -0.15) is 0 Å². The van der Waals surface area contributed by atoms with Crippen LogP contribution in [0, 0.1) is 5.82 Å². The lowest BCUT2D eigenvalue weighted by Crippen LogP contribution is -2.35. The van der Waals surface area contributed by atoms with Crippen molar-refractivity contribution in [1.82, 2.24) is 14.5 Å². The number of hydrogen-bond acceptors (Lipinski definition) is 4. The smallest absolute Gasteiger partial charge is 0.354 e. The van der Waals surface area contributed by atoms with E-state index in [2.05, 4.69) is 9.88 Å². The molecule has 1 saturated heterocycles. The number of hydrogen-bond donors (Lipinski definition) is 2. The van der Waals surface area contributed by atoms with Crippen LogP contribution in [0.3, 0.4) is 0 Å². The van der Waals surface area contributed by atoms with Crippen molar-refractivity contribution >= 4 is 16.9 Å². The number of aliphatic hydroxyl groups excluding tert-OH is 1. The molecule has 1 fully saturated rings. The number of rotatable bonds is 5. The van der Waals surface area contributed by atoms with Gasteiger partial charge in [0, 0.05) is 37.8 Å². The average Bonchev–Trinajstić information content (AvgIpc) is 3.02. The Kier molecular flexibility index (Phi) is 5.11. The number of piperidine rings is 1. The van der Waals surface area contributed by atoms with Gasteiger partial charge in [0.1, 0.15) is 11.5 Å². The number of aromatic carboxylic acids is 1. The van der Waals surface area contributed by atoms with Crippen molar-refractivity contribution in [2.24, 2.45) is 0 Å². The largest absolute Gasteiger partial charge is 0.477 e. The number of carbonyl (C=O) groups is 1. The highest BCUT2D eigenvalue weighted by atomic mass is 19.1. The molecule has 3 aromatic rings. The molecule has 0 amide bonds. The second-order valence-electron chi connectivity index (χ2n) is 7.31. The molecule has 4 rings (SSSR count). The summed E-state index contributed by atoms with van der Waals surface area (Å²) in [5.41, 5.74) is 2.84. The Hall–Kier alpha value is -2.77. The summed E-state index contributed by atoms with van der Waals surface area (Å²) in [7, 11) is 0. The highest BCUT2D eigenvalue weighted by Crippen LogP contribution is 2.25. The highest BCUT2D eigenvalue weighted by Gasteiger charge is 2.20. The molecular formula is C21H22FN3O3. The third-order valence-electron chi connectivity index (χ3n) is 5.29. The molecule has 1 aliphatic heterocycles. The molecule has 146 valence electrons. The Balaban J connectivity index is 1.69. The zero-order valence-corrected chi connectivity index (χ0v) is 15.4. The van der Waals surface area contributed by atoms with E-state index in [0.29, 0.717) is 13.1 Å². The Morgan fingerprint density at radius 2 is 1.89 bits per heavy atom. The van der Waals surface area contributed by atoms with Crippen LogP contribution in [0.1, 0.15) is 34.5 Å². The molecule has 0 spiro atoms. The summed E-state index contributed by atoms with van der Waals surface area (Å²) in [5, 5.41) is 19.9. The summed E-state index contributed by atoms with van der Waals surface area (Å²) in [6.45, 7) is 2.84. The number of halogens is 1. The molecule has 2 aromatic heterocycles. The van der Waals surface area contributed by atoms with Crippen LogP contribution in [0.4, 0.5) is 4.39 Å². The van der Waals surface area contributed by atoms with Crippen LogP contribution in [-0.4, -0.2) is 49.8 Å². The molecule has 28 heavy (non-hydrogen) atoms. The zero-order valence-electron chi connectivity index (χ0n) is 15.4. The minimum atomic E-state index is -1.06. The second-order valence-corrected chi connectivity index (χ2v) is 7.31. The van der Waals surface area contributed by atoms with E-state index in [4.69, 9.17) is 0 Å². The predicted octanol–water partition coefficient (Wildman–Crippen LogP) is 2.88. The molecule has 0 atom stereocenters. The quantitative estimate of drug-likeness (QED) is 0.708. The Labute approximate surface area is 161 Å². The van der Waals surface area contributed by atoms with Crippen molar-refractivity contribution in [1.29, 1.82) is 0 Å². The number of carboxylic acids is 1. The first-order valence-corrected chi connectivity index (χ1v) is 9.35. The monoisotopic (exact) mass is 383 g/mol. The van der Waals surface area contributed by atoms with Crippen LogP contribution in [0.15, 0.2) is 42.7 Å². The van der Waals surface area contributed by atoms with Gasteiger partial charge in [0.2, 0.25) is 0 Å². The normalized spacial score (nSPS) is 15.9. The Morgan fingerprint density at radius 1 is 1.18 bits per heavy atom. The molecule has 6 nitrogen and oxygen atoms in total. The van der Waals surface area contributed by atoms with Crippen LogP contribution >= 0.6 is 0 Å². The maximum atomic E-state index is 13.2. The van der Waals surface area contributed by atoms with Crippen molar-refractivity contribution in [3.05, 3.63) is 65.4 Å². The minimum absolute atomic E-state index is 0.0161. The van der Waals surface area contributed by atoms with Crippen LogP contribution in [0.25, 0.3) is 10.9 Å². The number of aliphatic hydroxyl groups is 1. The third-order valence-corrected chi connectivity index (χ3v) is 5.29. The minimum Gasteiger partial charge on any atom is -0.477 e. The number of benzene rings is 1. The van der Waals surface area contributed by atoms with Gasteiger partial charge in [-0.1, -0.05) is 12.1 Å². The Bertz CT molecular complexity index is 992. The molecule has 0 saturated carbocycles. The molecule has 0 unspecified atom stereocenters. The van der Waals surface area contributed by atoms with Gasteiger partial charge in [0.05, 0.1) is 17.8 Å². The molecule has 7 heteroatoms. The molecule has 1 aliphatic rings. The van der Waals surface area contributed by atoms with Crippen molar-refractivity contribution in [3.8, 4) is 0 Å². The molecule has 3 heterocycles. The van der Waals surface area contributed by atoms with Gasteiger partial charge in [-0.15, -0.1) is 0 Å². The fraction of sp³-hybridized carbons (Fsp3) is 0.333. The van der Waals surface area contributed by atoms with Crippen molar-refractivity contribution in [2.75, 3.05) is 13.1 Å². The number of aromatic nitrogens is 2. The summed E-state index contributed by atoms with van der Waals surface area (Å²) in [6.07, 6.45) is 4.86. The molecule has 2 N–H and O–H groups in total. The third kappa shape index (κ3) is 3.90.